The monoisotopic (exact) mass is 360 g/mol. The zero-order chi connectivity index (χ0) is 17.2. The van der Waals surface area contributed by atoms with Gasteiger partial charge in [-0.1, -0.05) is 6.07 Å². The first-order valence-electron chi connectivity index (χ1n) is 7.86. The maximum absolute atomic E-state index is 12.1. The molecular formula is C17H16N2O5S. The Morgan fingerprint density at radius 3 is 3.00 bits per heavy atom. The summed E-state index contributed by atoms with van der Waals surface area (Å²) in [6.07, 6.45) is -0.480. The Morgan fingerprint density at radius 2 is 2.16 bits per heavy atom. The number of fused-ring (bicyclic) bond motifs is 1. The third-order valence-corrected chi connectivity index (χ3v) is 4.86. The van der Waals surface area contributed by atoms with Crippen LogP contribution in [0.15, 0.2) is 35.7 Å². The zero-order valence-electron chi connectivity index (χ0n) is 13.3. The highest BCUT2D eigenvalue weighted by Crippen LogP contribution is 2.36. The van der Waals surface area contributed by atoms with Gasteiger partial charge in [-0.2, -0.15) is 0 Å². The number of rotatable bonds is 5. The van der Waals surface area contributed by atoms with Crippen LogP contribution in [0.4, 0.5) is 10.5 Å². The Bertz CT molecular complexity index is 792. The predicted octanol–water partition coefficient (Wildman–Crippen LogP) is 2.16. The number of carbonyl (C=O) groups is 2. The van der Waals surface area contributed by atoms with Gasteiger partial charge < -0.3 is 19.5 Å². The van der Waals surface area contributed by atoms with E-state index in [0.717, 1.165) is 4.88 Å². The first-order chi connectivity index (χ1) is 12.2. The summed E-state index contributed by atoms with van der Waals surface area (Å²) in [6.45, 7) is 0.844. The molecule has 0 saturated carbocycles. The van der Waals surface area contributed by atoms with Gasteiger partial charge in [-0.15, -0.1) is 11.3 Å². The zero-order valence-corrected chi connectivity index (χ0v) is 14.1. The first-order valence-corrected chi connectivity index (χ1v) is 8.74. The summed E-state index contributed by atoms with van der Waals surface area (Å²) < 4.78 is 15.9. The van der Waals surface area contributed by atoms with Crippen LogP contribution in [0.25, 0.3) is 0 Å². The van der Waals surface area contributed by atoms with E-state index in [1.54, 1.807) is 29.5 Å². The number of hydrogen-bond acceptors (Lipinski definition) is 6. The second kappa shape index (κ2) is 6.64. The standard InChI is InChI=1S/C17H16N2O5S/c20-16(7-13-2-1-5-25-13)18-8-12-9-19(17(21)24-12)11-3-4-14-15(6-11)23-10-22-14/h1-6,12H,7-10H2,(H,18,20). The maximum Gasteiger partial charge on any atom is 0.414 e. The molecule has 1 saturated heterocycles. The lowest BCUT2D eigenvalue weighted by atomic mass is 10.2. The molecule has 4 rings (SSSR count). The number of ether oxygens (including phenoxy) is 3. The Balaban J connectivity index is 1.33. The van der Waals surface area contributed by atoms with Crippen molar-refractivity contribution < 1.29 is 23.8 Å². The largest absolute Gasteiger partial charge is 0.454 e. The quantitative estimate of drug-likeness (QED) is 0.884. The van der Waals surface area contributed by atoms with Gasteiger partial charge in [-0.25, -0.2) is 4.79 Å². The maximum atomic E-state index is 12.1. The van der Waals surface area contributed by atoms with E-state index in [2.05, 4.69) is 5.32 Å². The lowest BCUT2D eigenvalue weighted by Gasteiger charge is -2.13. The second-order valence-corrected chi connectivity index (χ2v) is 6.75. The van der Waals surface area contributed by atoms with Crippen LogP contribution in [0.1, 0.15) is 4.88 Å². The van der Waals surface area contributed by atoms with Crippen molar-refractivity contribution in [2.24, 2.45) is 0 Å². The van der Waals surface area contributed by atoms with Crippen LogP contribution in [0.5, 0.6) is 11.5 Å². The molecule has 2 amide bonds. The van der Waals surface area contributed by atoms with Gasteiger partial charge in [-0.05, 0) is 23.6 Å². The molecule has 1 unspecified atom stereocenters. The molecule has 0 radical (unpaired) electrons. The number of anilines is 1. The van der Waals surface area contributed by atoms with E-state index in [0.29, 0.717) is 30.2 Å². The van der Waals surface area contributed by atoms with E-state index >= 15 is 0 Å². The second-order valence-electron chi connectivity index (χ2n) is 5.71. The van der Waals surface area contributed by atoms with Crippen molar-refractivity contribution in [3.05, 3.63) is 40.6 Å². The fourth-order valence-corrected chi connectivity index (χ4v) is 3.46. The molecule has 2 aliphatic rings. The van der Waals surface area contributed by atoms with Crippen LogP contribution in [0.2, 0.25) is 0 Å². The van der Waals surface area contributed by atoms with E-state index in [4.69, 9.17) is 14.2 Å². The van der Waals surface area contributed by atoms with Gasteiger partial charge in [-0.3, -0.25) is 9.69 Å². The number of nitrogens with one attached hydrogen (secondary N) is 1. The Labute approximate surface area is 148 Å². The van der Waals surface area contributed by atoms with Crippen molar-refractivity contribution in [3.8, 4) is 11.5 Å². The fourth-order valence-electron chi connectivity index (χ4n) is 2.75. The minimum Gasteiger partial charge on any atom is -0.454 e. The number of carbonyl (C=O) groups excluding carboxylic acids is 2. The molecule has 0 spiro atoms. The number of benzene rings is 1. The van der Waals surface area contributed by atoms with Crippen molar-refractivity contribution in [2.45, 2.75) is 12.5 Å². The summed E-state index contributed by atoms with van der Waals surface area (Å²) in [5, 5.41) is 4.75. The topological polar surface area (TPSA) is 77.1 Å². The lowest BCUT2D eigenvalue weighted by molar-refractivity contribution is -0.120. The van der Waals surface area contributed by atoms with Gasteiger partial charge in [0, 0.05) is 10.9 Å². The number of amides is 2. The highest BCUT2D eigenvalue weighted by Gasteiger charge is 2.33. The normalized spacial score (nSPS) is 18.3. The van der Waals surface area contributed by atoms with Crippen LogP contribution in [-0.2, 0) is 16.0 Å². The molecule has 0 aliphatic carbocycles. The van der Waals surface area contributed by atoms with Crippen LogP contribution in [-0.4, -0.2) is 38.0 Å². The molecule has 0 bridgehead atoms. The molecule has 1 N–H and O–H groups in total. The molecule has 1 atom stereocenters. The SMILES string of the molecule is O=C(Cc1cccs1)NCC1CN(c2ccc3c(c2)OCO3)C(=O)O1. The third kappa shape index (κ3) is 3.39. The molecule has 3 heterocycles. The van der Waals surface area contributed by atoms with Gasteiger partial charge in [0.15, 0.2) is 11.5 Å². The van der Waals surface area contributed by atoms with Crippen LogP contribution in [0.3, 0.4) is 0 Å². The van der Waals surface area contributed by atoms with Crippen LogP contribution in [0, 0.1) is 0 Å². The van der Waals surface area contributed by atoms with Gasteiger partial charge in [0.1, 0.15) is 6.10 Å². The molecule has 7 nitrogen and oxygen atoms in total. The lowest BCUT2D eigenvalue weighted by Crippen LogP contribution is -2.35. The Morgan fingerprint density at radius 1 is 1.28 bits per heavy atom. The van der Waals surface area contributed by atoms with E-state index < -0.39 is 6.09 Å². The van der Waals surface area contributed by atoms with Crippen molar-refractivity contribution in [1.82, 2.24) is 5.32 Å². The molecule has 25 heavy (non-hydrogen) atoms. The Kier molecular flexibility index (Phi) is 4.19. The molecule has 1 aromatic heterocycles. The minimum absolute atomic E-state index is 0.0833. The van der Waals surface area contributed by atoms with Gasteiger partial charge in [0.25, 0.3) is 0 Å². The summed E-state index contributed by atoms with van der Waals surface area (Å²) in [5.41, 5.74) is 0.682. The van der Waals surface area contributed by atoms with Gasteiger partial charge in [0.05, 0.1) is 25.2 Å². The molecule has 2 aliphatic heterocycles. The molecule has 130 valence electrons. The van der Waals surface area contributed by atoms with Crippen LogP contribution >= 0.6 is 11.3 Å². The number of nitrogens with zero attached hydrogens (tertiary/aromatic N) is 1. The summed E-state index contributed by atoms with van der Waals surface area (Å²) in [5.74, 6) is 1.19. The average Bonchev–Trinajstić information content (AvgIpc) is 3.33. The van der Waals surface area contributed by atoms with Gasteiger partial charge in [0.2, 0.25) is 12.7 Å². The van der Waals surface area contributed by atoms with Crippen molar-refractivity contribution in [1.29, 1.82) is 0 Å². The Hall–Kier alpha value is -2.74. The van der Waals surface area contributed by atoms with Crippen molar-refractivity contribution in [2.75, 3.05) is 24.8 Å². The van der Waals surface area contributed by atoms with Crippen molar-refractivity contribution in [3.63, 3.8) is 0 Å². The molecular weight excluding hydrogens is 344 g/mol. The molecule has 2 aromatic rings. The average molecular weight is 360 g/mol. The highest BCUT2D eigenvalue weighted by molar-refractivity contribution is 7.10. The first kappa shape index (κ1) is 15.8. The van der Waals surface area contributed by atoms with E-state index in [9.17, 15) is 9.59 Å². The molecule has 1 aromatic carbocycles. The molecule has 1 fully saturated rings. The number of thiophene rings is 1. The minimum atomic E-state index is -0.434. The predicted molar refractivity (Wildman–Crippen MR) is 91.2 cm³/mol. The summed E-state index contributed by atoms with van der Waals surface area (Å²) in [6, 6.07) is 9.13. The smallest absolute Gasteiger partial charge is 0.414 e. The van der Waals surface area contributed by atoms with E-state index in [1.165, 1.54) is 4.90 Å². The summed E-state index contributed by atoms with van der Waals surface area (Å²) >= 11 is 1.54. The molecule has 8 heteroatoms. The van der Waals surface area contributed by atoms with E-state index in [-0.39, 0.29) is 25.3 Å². The fraction of sp³-hybridized carbons (Fsp3) is 0.294. The third-order valence-electron chi connectivity index (χ3n) is 3.98. The number of cyclic esters (lactones) is 1. The van der Waals surface area contributed by atoms with Crippen molar-refractivity contribution >= 4 is 29.0 Å². The van der Waals surface area contributed by atoms with Gasteiger partial charge >= 0.3 is 6.09 Å². The number of hydrogen-bond donors (Lipinski definition) is 1. The summed E-state index contributed by atoms with van der Waals surface area (Å²) in [7, 11) is 0. The van der Waals surface area contributed by atoms with Crippen LogP contribution < -0.4 is 19.7 Å². The highest BCUT2D eigenvalue weighted by atomic mass is 32.1. The van der Waals surface area contributed by atoms with E-state index in [1.807, 2.05) is 17.5 Å². The summed E-state index contributed by atoms with van der Waals surface area (Å²) in [4.78, 5) is 26.6.